The van der Waals surface area contributed by atoms with Crippen LogP contribution in [0.2, 0.25) is 5.02 Å². The molecule has 1 amide bonds. The number of halogens is 2. The van der Waals surface area contributed by atoms with Crippen LogP contribution in [0, 0.1) is 5.82 Å². The monoisotopic (exact) mass is 258 g/mol. The lowest BCUT2D eigenvalue weighted by Crippen LogP contribution is -2.38. The van der Waals surface area contributed by atoms with Crippen molar-refractivity contribution in [2.75, 3.05) is 11.9 Å². The van der Waals surface area contributed by atoms with Crippen LogP contribution in [0.1, 0.15) is 20.3 Å². The Labute approximate surface area is 105 Å². The average molecular weight is 259 g/mol. The van der Waals surface area contributed by atoms with Crippen molar-refractivity contribution in [3.63, 3.8) is 0 Å². The van der Waals surface area contributed by atoms with Crippen LogP contribution in [0.4, 0.5) is 10.1 Å². The van der Waals surface area contributed by atoms with Crippen molar-refractivity contribution in [1.82, 2.24) is 5.32 Å². The lowest BCUT2D eigenvalue weighted by molar-refractivity contribution is -0.121. The van der Waals surface area contributed by atoms with Gasteiger partial charge in [0.25, 0.3) is 0 Å². The van der Waals surface area contributed by atoms with Gasteiger partial charge in [0.1, 0.15) is 11.9 Å². The number of rotatable bonds is 5. The zero-order valence-electron chi connectivity index (χ0n) is 9.89. The fraction of sp³-hybridized carbons (Fsp3) is 0.417. The van der Waals surface area contributed by atoms with Crippen LogP contribution in [0.3, 0.4) is 0 Å². The zero-order valence-corrected chi connectivity index (χ0v) is 10.6. The minimum atomic E-state index is -0.489. The highest BCUT2D eigenvalue weighted by Crippen LogP contribution is 2.19. The summed E-state index contributed by atoms with van der Waals surface area (Å²) in [5, 5.41) is 5.86. The van der Waals surface area contributed by atoms with Crippen LogP contribution in [-0.4, -0.2) is 18.5 Å². The van der Waals surface area contributed by atoms with Crippen molar-refractivity contribution in [3.8, 4) is 0 Å². The van der Waals surface area contributed by atoms with Gasteiger partial charge in [-0.3, -0.25) is 4.79 Å². The van der Waals surface area contributed by atoms with Gasteiger partial charge < -0.3 is 10.6 Å². The van der Waals surface area contributed by atoms with E-state index in [2.05, 4.69) is 10.6 Å². The molecule has 0 radical (unpaired) electrons. The Morgan fingerprint density at radius 3 is 2.82 bits per heavy atom. The largest absolute Gasteiger partial charge is 0.372 e. The molecule has 0 saturated heterocycles. The van der Waals surface area contributed by atoms with Gasteiger partial charge in [0, 0.05) is 11.6 Å². The first kappa shape index (κ1) is 13.8. The summed E-state index contributed by atoms with van der Waals surface area (Å²) < 4.78 is 13.4. The Kier molecular flexibility index (Phi) is 5.22. The van der Waals surface area contributed by atoms with Crippen molar-refractivity contribution in [1.29, 1.82) is 0 Å². The van der Waals surface area contributed by atoms with Crippen molar-refractivity contribution < 1.29 is 9.18 Å². The summed E-state index contributed by atoms with van der Waals surface area (Å²) in [6.45, 7) is 4.27. The van der Waals surface area contributed by atoms with Crippen LogP contribution < -0.4 is 10.6 Å². The first-order valence-electron chi connectivity index (χ1n) is 5.54. The Balaban J connectivity index is 2.61. The summed E-state index contributed by atoms with van der Waals surface area (Å²) in [5.74, 6) is -0.617. The fourth-order valence-electron chi connectivity index (χ4n) is 1.31. The maximum atomic E-state index is 13.4. The molecule has 0 aliphatic heterocycles. The van der Waals surface area contributed by atoms with Crippen molar-refractivity contribution >= 4 is 23.2 Å². The molecule has 94 valence electrons. The molecule has 0 saturated carbocycles. The number of hydrogen-bond donors (Lipinski definition) is 2. The van der Waals surface area contributed by atoms with E-state index in [9.17, 15) is 9.18 Å². The van der Waals surface area contributed by atoms with E-state index in [-0.39, 0.29) is 11.6 Å². The summed E-state index contributed by atoms with van der Waals surface area (Å²) in [7, 11) is 0. The summed E-state index contributed by atoms with van der Waals surface area (Å²) in [4.78, 5) is 11.6. The minimum Gasteiger partial charge on any atom is -0.372 e. The lowest BCUT2D eigenvalue weighted by atomic mass is 10.2. The first-order valence-corrected chi connectivity index (χ1v) is 5.91. The van der Waals surface area contributed by atoms with E-state index in [0.29, 0.717) is 11.6 Å². The third kappa shape index (κ3) is 4.23. The Morgan fingerprint density at radius 1 is 1.53 bits per heavy atom. The van der Waals surface area contributed by atoms with Gasteiger partial charge in [0.05, 0.1) is 5.69 Å². The Bertz CT molecular complexity index is 398. The summed E-state index contributed by atoms with van der Waals surface area (Å²) in [6, 6.07) is 3.81. The van der Waals surface area contributed by atoms with Crippen LogP contribution in [0.15, 0.2) is 18.2 Å². The molecule has 0 fully saturated rings. The molecule has 0 aliphatic rings. The fourth-order valence-corrected chi connectivity index (χ4v) is 1.47. The van der Waals surface area contributed by atoms with Gasteiger partial charge in [-0.25, -0.2) is 4.39 Å². The normalized spacial score (nSPS) is 12.0. The number of carbonyl (C=O) groups is 1. The highest BCUT2D eigenvalue weighted by molar-refractivity contribution is 6.30. The van der Waals surface area contributed by atoms with Crippen LogP contribution in [-0.2, 0) is 4.79 Å². The molecule has 5 heteroatoms. The van der Waals surface area contributed by atoms with Gasteiger partial charge >= 0.3 is 0 Å². The molecule has 1 unspecified atom stereocenters. The molecule has 0 spiro atoms. The maximum Gasteiger partial charge on any atom is 0.242 e. The molecule has 0 aromatic heterocycles. The second-order valence-electron chi connectivity index (χ2n) is 3.78. The molecule has 0 heterocycles. The molecular formula is C12H16ClFN2O. The second-order valence-corrected chi connectivity index (χ2v) is 4.22. The van der Waals surface area contributed by atoms with E-state index >= 15 is 0 Å². The highest BCUT2D eigenvalue weighted by atomic mass is 35.5. The summed E-state index contributed by atoms with van der Waals surface area (Å²) in [6.07, 6.45) is 0.869. The van der Waals surface area contributed by atoms with E-state index < -0.39 is 11.9 Å². The number of anilines is 1. The highest BCUT2D eigenvalue weighted by Gasteiger charge is 2.13. The standard InChI is InChI=1S/C12H16ClFN2O/c1-3-6-15-12(17)8(2)16-11-5-4-9(13)7-10(11)14/h4-5,7-8,16H,3,6H2,1-2H3,(H,15,17). The molecule has 1 aromatic carbocycles. The molecule has 1 aromatic rings. The SMILES string of the molecule is CCCNC(=O)C(C)Nc1ccc(Cl)cc1F. The number of benzene rings is 1. The molecule has 1 atom stereocenters. The van der Waals surface area contributed by atoms with E-state index in [1.807, 2.05) is 6.92 Å². The molecule has 3 nitrogen and oxygen atoms in total. The molecule has 0 bridgehead atoms. The molecular weight excluding hydrogens is 243 g/mol. The van der Waals surface area contributed by atoms with Crippen LogP contribution in [0.5, 0.6) is 0 Å². The topological polar surface area (TPSA) is 41.1 Å². The number of carbonyl (C=O) groups excluding carboxylic acids is 1. The minimum absolute atomic E-state index is 0.152. The molecule has 1 rings (SSSR count). The number of amides is 1. The average Bonchev–Trinajstić information content (AvgIpc) is 2.29. The van der Waals surface area contributed by atoms with Gasteiger partial charge in [-0.15, -0.1) is 0 Å². The van der Waals surface area contributed by atoms with Crippen molar-refractivity contribution in [3.05, 3.63) is 29.0 Å². The van der Waals surface area contributed by atoms with Crippen LogP contribution in [0.25, 0.3) is 0 Å². The van der Waals surface area contributed by atoms with Crippen LogP contribution >= 0.6 is 11.6 Å². The quantitative estimate of drug-likeness (QED) is 0.853. The van der Waals surface area contributed by atoms with E-state index in [0.717, 1.165) is 6.42 Å². The van der Waals surface area contributed by atoms with Gasteiger partial charge in [0.2, 0.25) is 5.91 Å². The lowest BCUT2D eigenvalue weighted by Gasteiger charge is -2.15. The summed E-state index contributed by atoms with van der Waals surface area (Å²) >= 11 is 5.64. The van der Waals surface area contributed by atoms with E-state index in [1.54, 1.807) is 13.0 Å². The van der Waals surface area contributed by atoms with E-state index in [4.69, 9.17) is 11.6 Å². The predicted octanol–water partition coefficient (Wildman–Crippen LogP) is 2.81. The van der Waals surface area contributed by atoms with Crippen molar-refractivity contribution in [2.24, 2.45) is 0 Å². The van der Waals surface area contributed by atoms with Gasteiger partial charge in [0.15, 0.2) is 0 Å². The summed E-state index contributed by atoms with van der Waals surface area (Å²) in [5.41, 5.74) is 0.272. The van der Waals surface area contributed by atoms with Crippen molar-refractivity contribution in [2.45, 2.75) is 26.3 Å². The smallest absolute Gasteiger partial charge is 0.242 e. The Hall–Kier alpha value is -1.29. The third-order valence-electron chi connectivity index (χ3n) is 2.25. The zero-order chi connectivity index (χ0) is 12.8. The third-order valence-corrected chi connectivity index (χ3v) is 2.48. The van der Waals surface area contributed by atoms with Gasteiger partial charge in [-0.05, 0) is 31.5 Å². The maximum absolute atomic E-state index is 13.4. The van der Waals surface area contributed by atoms with Gasteiger partial charge in [-0.2, -0.15) is 0 Å². The first-order chi connectivity index (χ1) is 8.04. The Morgan fingerprint density at radius 2 is 2.24 bits per heavy atom. The number of nitrogens with one attached hydrogen (secondary N) is 2. The second kappa shape index (κ2) is 6.45. The molecule has 2 N–H and O–H groups in total. The predicted molar refractivity (Wildman–Crippen MR) is 67.8 cm³/mol. The number of hydrogen-bond acceptors (Lipinski definition) is 2. The van der Waals surface area contributed by atoms with E-state index in [1.165, 1.54) is 12.1 Å². The molecule has 17 heavy (non-hydrogen) atoms. The molecule has 0 aliphatic carbocycles. The van der Waals surface area contributed by atoms with Gasteiger partial charge in [-0.1, -0.05) is 18.5 Å².